The fourth-order valence-electron chi connectivity index (χ4n) is 2.83. The monoisotopic (exact) mass is 295 g/mol. The molecule has 5 heteroatoms. The van der Waals surface area contributed by atoms with Crippen LogP contribution in [0.2, 0.25) is 0 Å². The number of thiophene rings is 1. The summed E-state index contributed by atoms with van der Waals surface area (Å²) in [6.45, 7) is 2.67. The van der Waals surface area contributed by atoms with Crippen molar-refractivity contribution in [1.82, 2.24) is 4.90 Å². The van der Waals surface area contributed by atoms with Crippen LogP contribution in [0.15, 0.2) is 11.4 Å². The van der Waals surface area contributed by atoms with Gasteiger partial charge < -0.3 is 9.64 Å². The zero-order valence-electron chi connectivity index (χ0n) is 12.2. The molecular weight excluding hydrogens is 274 g/mol. The minimum atomic E-state index is -0.264. The summed E-state index contributed by atoms with van der Waals surface area (Å²) in [4.78, 5) is 27.2. The molecular formula is C15H21NO3S. The van der Waals surface area contributed by atoms with Crippen LogP contribution in [0.5, 0.6) is 0 Å². The van der Waals surface area contributed by atoms with Crippen LogP contribution in [-0.2, 0) is 20.9 Å². The highest BCUT2D eigenvalue weighted by atomic mass is 32.1. The van der Waals surface area contributed by atoms with Gasteiger partial charge in [-0.2, -0.15) is 0 Å². The summed E-state index contributed by atoms with van der Waals surface area (Å²) in [5, 5.41) is 2.04. The summed E-state index contributed by atoms with van der Waals surface area (Å²) in [5.74, 6) is -0.667. The third-order valence-corrected chi connectivity index (χ3v) is 5.07. The maximum absolute atomic E-state index is 12.5. The number of rotatable bonds is 4. The molecule has 0 aromatic carbocycles. The number of ether oxygens (including phenoxy) is 1. The van der Waals surface area contributed by atoms with Crippen LogP contribution in [0.4, 0.5) is 0 Å². The maximum Gasteiger partial charge on any atom is 0.309 e. The fraction of sp³-hybridized carbons (Fsp3) is 0.600. The van der Waals surface area contributed by atoms with E-state index in [1.807, 2.05) is 12.4 Å². The number of nitrogens with zero attached hydrogens (tertiary/aromatic N) is 1. The van der Waals surface area contributed by atoms with Crippen molar-refractivity contribution < 1.29 is 14.3 Å². The van der Waals surface area contributed by atoms with E-state index in [-0.39, 0.29) is 23.7 Å². The summed E-state index contributed by atoms with van der Waals surface area (Å²) < 4.78 is 4.81. The molecule has 0 aliphatic heterocycles. The molecule has 110 valence electrons. The summed E-state index contributed by atoms with van der Waals surface area (Å²) in [7, 11) is 3.20. The lowest BCUT2D eigenvalue weighted by Gasteiger charge is -2.24. The highest BCUT2D eigenvalue weighted by molar-refractivity contribution is 7.10. The lowest BCUT2D eigenvalue weighted by atomic mass is 9.95. The van der Waals surface area contributed by atoms with Crippen molar-refractivity contribution in [3.05, 3.63) is 21.9 Å². The van der Waals surface area contributed by atoms with Crippen molar-refractivity contribution in [2.75, 3.05) is 14.2 Å². The Balaban J connectivity index is 2.03. The van der Waals surface area contributed by atoms with Crippen molar-refractivity contribution in [3.63, 3.8) is 0 Å². The van der Waals surface area contributed by atoms with Crippen molar-refractivity contribution in [2.45, 2.75) is 32.7 Å². The van der Waals surface area contributed by atoms with E-state index in [2.05, 4.69) is 13.0 Å². The minimum Gasteiger partial charge on any atom is -0.469 e. The summed E-state index contributed by atoms with van der Waals surface area (Å²) >= 11 is 1.66. The van der Waals surface area contributed by atoms with E-state index in [0.29, 0.717) is 6.54 Å². The number of methoxy groups -OCH3 is 1. The van der Waals surface area contributed by atoms with Crippen LogP contribution in [0.25, 0.3) is 0 Å². The van der Waals surface area contributed by atoms with Crippen molar-refractivity contribution >= 4 is 23.2 Å². The Morgan fingerprint density at radius 2 is 2.10 bits per heavy atom. The molecule has 1 saturated carbocycles. The lowest BCUT2D eigenvalue weighted by Crippen LogP contribution is -2.36. The Labute approximate surface area is 123 Å². The van der Waals surface area contributed by atoms with Crippen LogP contribution >= 0.6 is 11.3 Å². The molecule has 1 aliphatic rings. The Hall–Kier alpha value is -1.36. The molecule has 0 radical (unpaired) electrons. The third-order valence-electron chi connectivity index (χ3n) is 4.06. The predicted octanol–water partition coefficient (Wildman–Crippen LogP) is 2.60. The van der Waals surface area contributed by atoms with Gasteiger partial charge in [0.2, 0.25) is 5.91 Å². The van der Waals surface area contributed by atoms with E-state index < -0.39 is 0 Å². The first kappa shape index (κ1) is 15.0. The van der Waals surface area contributed by atoms with Crippen LogP contribution < -0.4 is 0 Å². The number of carbonyl (C=O) groups is 2. The average Bonchev–Trinajstić information content (AvgIpc) is 3.06. The summed E-state index contributed by atoms with van der Waals surface area (Å²) in [6.07, 6.45) is 2.46. The van der Waals surface area contributed by atoms with Gasteiger partial charge in [0.1, 0.15) is 0 Å². The Kier molecular flexibility index (Phi) is 4.81. The number of esters is 1. The van der Waals surface area contributed by atoms with Gasteiger partial charge >= 0.3 is 5.97 Å². The molecule has 1 fully saturated rings. The Bertz CT molecular complexity index is 497. The first-order chi connectivity index (χ1) is 9.54. The van der Waals surface area contributed by atoms with Crippen LogP contribution in [-0.4, -0.2) is 30.9 Å². The molecule has 1 aliphatic carbocycles. The van der Waals surface area contributed by atoms with Crippen LogP contribution in [0.1, 0.15) is 29.7 Å². The molecule has 1 aromatic rings. The smallest absolute Gasteiger partial charge is 0.309 e. The predicted molar refractivity (Wildman–Crippen MR) is 78.4 cm³/mol. The van der Waals surface area contributed by atoms with Crippen LogP contribution in [0.3, 0.4) is 0 Å². The van der Waals surface area contributed by atoms with Gasteiger partial charge in [-0.1, -0.05) is 6.42 Å². The fourth-order valence-corrected chi connectivity index (χ4v) is 3.79. The molecule has 1 heterocycles. The van der Waals surface area contributed by atoms with E-state index >= 15 is 0 Å². The van der Waals surface area contributed by atoms with E-state index in [1.54, 1.807) is 16.2 Å². The molecule has 0 unspecified atom stereocenters. The van der Waals surface area contributed by atoms with Gasteiger partial charge in [0.25, 0.3) is 0 Å². The second kappa shape index (κ2) is 6.39. The van der Waals surface area contributed by atoms with E-state index in [1.165, 1.54) is 17.6 Å². The zero-order chi connectivity index (χ0) is 14.7. The summed E-state index contributed by atoms with van der Waals surface area (Å²) in [5.41, 5.74) is 1.21. The van der Waals surface area contributed by atoms with Gasteiger partial charge in [0.15, 0.2) is 0 Å². The second-order valence-electron chi connectivity index (χ2n) is 5.39. The van der Waals surface area contributed by atoms with Crippen LogP contribution in [0, 0.1) is 18.8 Å². The Morgan fingerprint density at radius 1 is 1.40 bits per heavy atom. The first-order valence-corrected chi connectivity index (χ1v) is 7.78. The molecule has 0 saturated heterocycles. The lowest BCUT2D eigenvalue weighted by molar-refractivity contribution is -0.151. The third kappa shape index (κ3) is 3.03. The second-order valence-corrected chi connectivity index (χ2v) is 6.39. The molecule has 2 atom stereocenters. The SMILES string of the molecule is COC(=O)[C@@H]1CCC[C@@H]1C(=O)N(C)Cc1sccc1C. The highest BCUT2D eigenvalue weighted by Gasteiger charge is 2.39. The number of hydrogen-bond donors (Lipinski definition) is 0. The van der Waals surface area contributed by atoms with Gasteiger partial charge in [-0.15, -0.1) is 11.3 Å². The zero-order valence-corrected chi connectivity index (χ0v) is 13.0. The van der Waals surface area contributed by atoms with E-state index in [4.69, 9.17) is 4.74 Å². The highest BCUT2D eigenvalue weighted by Crippen LogP contribution is 2.34. The molecule has 1 aromatic heterocycles. The van der Waals surface area contributed by atoms with Gasteiger partial charge in [-0.25, -0.2) is 0 Å². The molecule has 20 heavy (non-hydrogen) atoms. The maximum atomic E-state index is 12.5. The first-order valence-electron chi connectivity index (χ1n) is 6.90. The van der Waals surface area contributed by atoms with Crippen molar-refractivity contribution in [2.24, 2.45) is 11.8 Å². The Morgan fingerprint density at radius 3 is 2.70 bits per heavy atom. The molecule has 0 bridgehead atoms. The molecule has 2 rings (SSSR count). The number of carbonyl (C=O) groups excluding carboxylic acids is 2. The van der Waals surface area contributed by atoms with Gasteiger partial charge in [0, 0.05) is 11.9 Å². The van der Waals surface area contributed by atoms with E-state index in [9.17, 15) is 9.59 Å². The minimum absolute atomic E-state index is 0.0608. The molecule has 4 nitrogen and oxygen atoms in total. The van der Waals surface area contributed by atoms with Gasteiger partial charge in [-0.05, 0) is 36.8 Å². The largest absolute Gasteiger partial charge is 0.469 e. The number of hydrogen-bond acceptors (Lipinski definition) is 4. The summed E-state index contributed by atoms with van der Waals surface area (Å²) in [6, 6.07) is 2.06. The molecule has 1 amide bonds. The van der Waals surface area contributed by atoms with Gasteiger partial charge in [0.05, 0.1) is 25.5 Å². The molecule has 0 spiro atoms. The quantitative estimate of drug-likeness (QED) is 0.802. The van der Waals surface area contributed by atoms with Gasteiger partial charge in [-0.3, -0.25) is 9.59 Å². The van der Waals surface area contributed by atoms with E-state index in [0.717, 1.165) is 19.3 Å². The normalized spacial score (nSPS) is 21.8. The average molecular weight is 295 g/mol. The number of amides is 1. The number of aryl methyl sites for hydroxylation is 1. The van der Waals surface area contributed by atoms with Crippen molar-refractivity contribution in [3.8, 4) is 0 Å². The molecule has 0 N–H and O–H groups in total. The standard InChI is InChI=1S/C15H21NO3S/c1-10-7-8-20-13(10)9-16(2)14(17)11-5-4-6-12(11)15(18)19-3/h7-8,11-12H,4-6,9H2,1-3H3/t11-,12+/m0/s1. The topological polar surface area (TPSA) is 46.6 Å². The van der Waals surface area contributed by atoms with Crippen molar-refractivity contribution in [1.29, 1.82) is 0 Å².